The summed E-state index contributed by atoms with van der Waals surface area (Å²) in [7, 11) is 0. The van der Waals surface area contributed by atoms with Crippen molar-refractivity contribution < 1.29 is 13.6 Å². The number of nitrogens with zero attached hydrogens (tertiary/aromatic N) is 1. The smallest absolute Gasteiger partial charge is 0.277 e. The van der Waals surface area contributed by atoms with Crippen molar-refractivity contribution in [3.63, 3.8) is 0 Å². The van der Waals surface area contributed by atoms with Crippen LogP contribution in [0.15, 0.2) is 52.9 Å². The first-order valence-corrected chi connectivity index (χ1v) is 8.25. The molecule has 0 radical (unpaired) electrons. The van der Waals surface area contributed by atoms with Crippen molar-refractivity contribution in [2.24, 2.45) is 0 Å². The molecule has 0 atom stereocenters. The number of carbonyl (C=O) groups is 1. The third-order valence-electron chi connectivity index (χ3n) is 4.27. The van der Waals surface area contributed by atoms with E-state index in [2.05, 4.69) is 10.3 Å². The van der Waals surface area contributed by atoms with Crippen LogP contribution in [0.3, 0.4) is 0 Å². The van der Waals surface area contributed by atoms with Gasteiger partial charge in [-0.1, -0.05) is 24.3 Å². The third kappa shape index (κ3) is 3.18. The van der Waals surface area contributed by atoms with E-state index in [1.807, 2.05) is 30.3 Å². The van der Waals surface area contributed by atoms with Crippen molar-refractivity contribution in [3.05, 3.63) is 71.4 Å². The number of hydrogen-bond donors (Lipinski definition) is 1. The summed E-state index contributed by atoms with van der Waals surface area (Å²) in [5.41, 5.74) is 2.04. The van der Waals surface area contributed by atoms with Crippen LogP contribution in [-0.2, 0) is 0 Å². The number of halogens is 1. The number of aryl methyl sites for hydroxylation is 1. The Hall–Kier alpha value is -2.95. The first-order valence-electron chi connectivity index (χ1n) is 8.25. The molecule has 4 rings (SSSR count). The molecule has 5 heteroatoms. The molecule has 0 spiro atoms. The third-order valence-corrected chi connectivity index (χ3v) is 4.27. The number of hydrogen-bond acceptors (Lipinski definition) is 3. The molecular formula is C20H17FN2O2. The van der Waals surface area contributed by atoms with E-state index in [-0.39, 0.29) is 23.3 Å². The van der Waals surface area contributed by atoms with Crippen LogP contribution in [0.5, 0.6) is 0 Å². The molecular weight excluding hydrogens is 319 g/mol. The Kier molecular flexibility index (Phi) is 3.84. The molecule has 1 amide bonds. The zero-order valence-corrected chi connectivity index (χ0v) is 13.8. The highest BCUT2D eigenvalue weighted by Crippen LogP contribution is 2.43. The molecule has 25 heavy (non-hydrogen) atoms. The van der Waals surface area contributed by atoms with E-state index >= 15 is 0 Å². The molecule has 0 aliphatic heterocycles. The van der Waals surface area contributed by atoms with E-state index in [0.717, 1.165) is 18.4 Å². The Bertz CT molecular complexity index is 930. The van der Waals surface area contributed by atoms with Crippen LogP contribution < -0.4 is 5.32 Å². The fraction of sp³-hybridized carbons (Fsp3) is 0.200. The second-order valence-corrected chi connectivity index (χ2v) is 6.29. The second-order valence-electron chi connectivity index (χ2n) is 6.29. The van der Waals surface area contributed by atoms with Crippen LogP contribution in [0.25, 0.3) is 11.5 Å². The van der Waals surface area contributed by atoms with Crippen molar-refractivity contribution in [3.8, 4) is 11.5 Å². The Labute approximate surface area is 144 Å². The van der Waals surface area contributed by atoms with Crippen LogP contribution in [0.2, 0.25) is 0 Å². The molecule has 1 aliphatic carbocycles. The van der Waals surface area contributed by atoms with Crippen LogP contribution in [-0.4, -0.2) is 10.9 Å². The molecule has 3 aromatic rings. The Morgan fingerprint density at radius 2 is 1.96 bits per heavy atom. The molecule has 1 heterocycles. The highest BCUT2D eigenvalue weighted by Gasteiger charge is 2.34. The van der Waals surface area contributed by atoms with Gasteiger partial charge in [-0.05, 0) is 49.6 Å². The minimum Gasteiger partial charge on any atom is -0.440 e. The van der Waals surface area contributed by atoms with E-state index < -0.39 is 0 Å². The first-order chi connectivity index (χ1) is 12.1. The lowest BCUT2D eigenvalue weighted by molar-refractivity contribution is 0.102. The first kappa shape index (κ1) is 15.6. The molecule has 126 valence electrons. The van der Waals surface area contributed by atoms with E-state index in [4.69, 9.17) is 4.42 Å². The Morgan fingerprint density at radius 3 is 2.64 bits per heavy atom. The van der Waals surface area contributed by atoms with Gasteiger partial charge in [-0.15, -0.1) is 0 Å². The predicted octanol–water partition coefficient (Wildman–Crippen LogP) is 4.92. The van der Waals surface area contributed by atoms with Crippen molar-refractivity contribution in [2.45, 2.75) is 25.7 Å². The van der Waals surface area contributed by atoms with Gasteiger partial charge in [-0.2, -0.15) is 0 Å². The van der Waals surface area contributed by atoms with Crippen molar-refractivity contribution >= 4 is 11.6 Å². The lowest BCUT2D eigenvalue weighted by Gasteiger charge is -2.05. The highest BCUT2D eigenvalue weighted by atomic mass is 19.1. The summed E-state index contributed by atoms with van der Waals surface area (Å²) in [6, 6.07) is 14.1. The van der Waals surface area contributed by atoms with Gasteiger partial charge in [0.1, 0.15) is 11.6 Å². The number of carbonyl (C=O) groups excluding carboxylic acids is 1. The minimum absolute atomic E-state index is 0.237. The summed E-state index contributed by atoms with van der Waals surface area (Å²) in [6.07, 6.45) is 1.98. The Morgan fingerprint density at radius 1 is 1.20 bits per heavy atom. The summed E-state index contributed by atoms with van der Waals surface area (Å²) < 4.78 is 19.6. The molecule has 0 unspecified atom stereocenters. The number of aromatic nitrogens is 1. The lowest BCUT2D eigenvalue weighted by Crippen LogP contribution is -2.14. The molecule has 1 aromatic heterocycles. The second kappa shape index (κ2) is 6.16. The van der Waals surface area contributed by atoms with Crippen LogP contribution in [0.4, 0.5) is 10.1 Å². The number of rotatable bonds is 4. The molecule has 2 aromatic carbocycles. The fourth-order valence-electron chi connectivity index (χ4n) is 2.68. The van der Waals surface area contributed by atoms with Gasteiger partial charge < -0.3 is 9.73 Å². The molecule has 1 saturated carbocycles. The molecule has 1 aliphatic rings. The zero-order valence-electron chi connectivity index (χ0n) is 13.8. The average Bonchev–Trinajstić information content (AvgIpc) is 3.37. The summed E-state index contributed by atoms with van der Waals surface area (Å²) >= 11 is 0. The van der Waals surface area contributed by atoms with E-state index in [0.29, 0.717) is 22.9 Å². The van der Waals surface area contributed by atoms with Gasteiger partial charge in [0.15, 0.2) is 5.69 Å². The largest absolute Gasteiger partial charge is 0.440 e. The van der Waals surface area contributed by atoms with Crippen molar-refractivity contribution in [1.29, 1.82) is 0 Å². The summed E-state index contributed by atoms with van der Waals surface area (Å²) in [6.45, 7) is 1.68. The van der Waals surface area contributed by atoms with Crippen LogP contribution in [0, 0.1) is 12.7 Å². The fourth-order valence-corrected chi connectivity index (χ4v) is 2.68. The number of benzene rings is 2. The Balaban J connectivity index is 1.65. The molecule has 1 fully saturated rings. The van der Waals surface area contributed by atoms with Crippen molar-refractivity contribution in [1.82, 2.24) is 4.98 Å². The van der Waals surface area contributed by atoms with Gasteiger partial charge in [0.2, 0.25) is 5.89 Å². The minimum atomic E-state index is -0.379. The summed E-state index contributed by atoms with van der Waals surface area (Å²) in [4.78, 5) is 17.1. The topological polar surface area (TPSA) is 55.1 Å². The quantitative estimate of drug-likeness (QED) is 0.736. The zero-order chi connectivity index (χ0) is 17.4. The van der Waals surface area contributed by atoms with Gasteiger partial charge in [0.25, 0.3) is 5.91 Å². The van der Waals surface area contributed by atoms with E-state index in [1.165, 1.54) is 6.07 Å². The van der Waals surface area contributed by atoms with Gasteiger partial charge in [0.05, 0.1) is 0 Å². The number of nitrogens with one attached hydrogen (secondary N) is 1. The highest BCUT2D eigenvalue weighted by molar-refractivity contribution is 6.04. The maximum Gasteiger partial charge on any atom is 0.277 e. The monoisotopic (exact) mass is 336 g/mol. The molecule has 0 saturated heterocycles. The standard InChI is InChI=1S/C20H17FN2O2/c1-12-7-10-15(11-16(12)21)22-19(24)17-18(13-8-9-13)25-20(23-17)14-5-3-2-4-6-14/h2-7,10-11,13H,8-9H2,1H3,(H,22,24). The maximum absolute atomic E-state index is 13.7. The maximum atomic E-state index is 13.7. The van der Waals surface area contributed by atoms with E-state index in [9.17, 15) is 9.18 Å². The predicted molar refractivity (Wildman–Crippen MR) is 93.0 cm³/mol. The van der Waals surface area contributed by atoms with Crippen LogP contribution in [0.1, 0.15) is 40.6 Å². The van der Waals surface area contributed by atoms with Gasteiger partial charge in [-0.25, -0.2) is 9.37 Å². The van der Waals surface area contributed by atoms with Gasteiger partial charge in [0, 0.05) is 17.2 Å². The summed E-state index contributed by atoms with van der Waals surface area (Å²) in [5, 5.41) is 2.71. The number of amides is 1. The SMILES string of the molecule is Cc1ccc(NC(=O)c2nc(-c3ccccc3)oc2C2CC2)cc1F. The summed E-state index contributed by atoms with van der Waals surface area (Å²) in [5.74, 6) is 0.550. The van der Waals surface area contributed by atoms with Gasteiger partial charge >= 0.3 is 0 Å². The normalized spacial score (nSPS) is 13.7. The van der Waals surface area contributed by atoms with E-state index in [1.54, 1.807) is 19.1 Å². The molecule has 1 N–H and O–H groups in total. The molecule has 4 nitrogen and oxygen atoms in total. The average molecular weight is 336 g/mol. The number of anilines is 1. The lowest BCUT2D eigenvalue weighted by atomic mass is 10.2. The number of oxazole rings is 1. The van der Waals surface area contributed by atoms with Gasteiger partial charge in [-0.3, -0.25) is 4.79 Å². The van der Waals surface area contributed by atoms with Crippen LogP contribution >= 0.6 is 0 Å². The molecule has 0 bridgehead atoms. The van der Waals surface area contributed by atoms with Crippen molar-refractivity contribution in [2.75, 3.05) is 5.32 Å².